The van der Waals surface area contributed by atoms with Crippen molar-refractivity contribution in [2.45, 2.75) is 6.18 Å². The zero-order valence-electron chi connectivity index (χ0n) is 10.5. The molecule has 3 nitrogen and oxygen atoms in total. The van der Waals surface area contributed by atoms with Crippen LogP contribution < -0.4 is 10.6 Å². The van der Waals surface area contributed by atoms with Crippen LogP contribution in [0.5, 0.6) is 0 Å². The van der Waals surface area contributed by atoms with Crippen LogP contribution in [-0.2, 0) is 6.18 Å². The van der Waals surface area contributed by atoms with Crippen LogP contribution in [0.4, 0.5) is 33.7 Å². The predicted octanol–water partition coefficient (Wildman–Crippen LogP) is 4.49. The highest BCUT2D eigenvalue weighted by Crippen LogP contribution is 2.29. The Morgan fingerprint density at radius 1 is 0.905 bits per heavy atom. The van der Waals surface area contributed by atoms with Crippen LogP contribution in [0.1, 0.15) is 5.56 Å². The molecule has 0 aliphatic rings. The lowest BCUT2D eigenvalue weighted by Crippen LogP contribution is -2.19. The van der Waals surface area contributed by atoms with Crippen molar-refractivity contribution < 1.29 is 22.4 Å². The number of nitrogens with one attached hydrogen (secondary N) is 2. The van der Waals surface area contributed by atoms with E-state index in [4.69, 9.17) is 0 Å². The minimum absolute atomic E-state index is 0.192. The zero-order valence-corrected chi connectivity index (χ0v) is 10.5. The van der Waals surface area contributed by atoms with Crippen molar-refractivity contribution in [3.8, 4) is 0 Å². The number of amides is 2. The topological polar surface area (TPSA) is 41.1 Å². The molecule has 0 unspecified atom stereocenters. The number of urea groups is 1. The van der Waals surface area contributed by atoms with Crippen molar-refractivity contribution in [3.63, 3.8) is 0 Å². The smallest absolute Gasteiger partial charge is 0.308 e. The molecule has 0 heterocycles. The number of benzene rings is 2. The number of carbonyl (C=O) groups excluding carboxylic acids is 1. The largest absolute Gasteiger partial charge is 0.416 e. The Morgan fingerprint density at radius 2 is 1.52 bits per heavy atom. The van der Waals surface area contributed by atoms with E-state index in [0.29, 0.717) is 0 Å². The first kappa shape index (κ1) is 14.8. The summed E-state index contributed by atoms with van der Waals surface area (Å²) in [6.07, 6.45) is -4.43. The summed E-state index contributed by atoms with van der Waals surface area (Å²) in [5.74, 6) is -0.512. The van der Waals surface area contributed by atoms with Gasteiger partial charge in [-0.2, -0.15) is 13.2 Å². The summed E-state index contributed by atoms with van der Waals surface area (Å²) in [4.78, 5) is 11.6. The molecule has 2 rings (SSSR count). The van der Waals surface area contributed by atoms with Gasteiger partial charge in [0.2, 0.25) is 0 Å². The summed E-state index contributed by atoms with van der Waals surface area (Å²) in [7, 11) is 0. The molecule has 0 aromatic heterocycles. The van der Waals surface area contributed by atoms with Gasteiger partial charge in [-0.15, -0.1) is 0 Å². The van der Waals surface area contributed by atoms with E-state index < -0.39 is 23.6 Å². The minimum atomic E-state index is -4.43. The molecule has 21 heavy (non-hydrogen) atoms. The molecule has 0 atom stereocenters. The number of carbonyl (C=O) groups is 1. The Kier molecular flexibility index (Phi) is 4.11. The van der Waals surface area contributed by atoms with Crippen LogP contribution in [-0.4, -0.2) is 6.03 Å². The van der Waals surface area contributed by atoms with Gasteiger partial charge in [-0.1, -0.05) is 6.07 Å². The van der Waals surface area contributed by atoms with Gasteiger partial charge in [-0.05, 0) is 42.5 Å². The maximum atomic E-state index is 12.9. The fraction of sp³-hybridized carbons (Fsp3) is 0.0714. The monoisotopic (exact) mass is 298 g/mol. The third-order valence-corrected chi connectivity index (χ3v) is 2.55. The van der Waals surface area contributed by atoms with Crippen molar-refractivity contribution in [2.75, 3.05) is 10.6 Å². The molecule has 2 N–H and O–H groups in total. The van der Waals surface area contributed by atoms with E-state index in [-0.39, 0.29) is 11.4 Å². The number of alkyl halides is 3. The number of hydrogen-bond acceptors (Lipinski definition) is 1. The lowest BCUT2D eigenvalue weighted by atomic mass is 10.2. The van der Waals surface area contributed by atoms with Crippen LogP contribution in [0.25, 0.3) is 0 Å². The van der Waals surface area contributed by atoms with E-state index in [1.807, 2.05) is 0 Å². The van der Waals surface area contributed by atoms with Crippen molar-refractivity contribution in [1.29, 1.82) is 0 Å². The van der Waals surface area contributed by atoms with Crippen molar-refractivity contribution in [2.24, 2.45) is 0 Å². The summed E-state index contributed by atoms with van der Waals surface area (Å²) in [5, 5.41) is 4.71. The fourth-order valence-electron chi connectivity index (χ4n) is 1.60. The van der Waals surface area contributed by atoms with Gasteiger partial charge in [0.05, 0.1) is 5.56 Å². The average molecular weight is 298 g/mol. The Hall–Kier alpha value is -2.57. The van der Waals surface area contributed by atoms with Crippen LogP contribution in [0.3, 0.4) is 0 Å². The summed E-state index contributed by atoms with van der Waals surface area (Å²) in [5.41, 5.74) is -0.380. The molecule has 0 spiro atoms. The van der Waals surface area contributed by atoms with Gasteiger partial charge >= 0.3 is 12.2 Å². The third-order valence-electron chi connectivity index (χ3n) is 2.55. The normalized spacial score (nSPS) is 11.0. The Bertz CT molecular complexity index is 638. The molecule has 7 heteroatoms. The highest BCUT2D eigenvalue weighted by atomic mass is 19.4. The van der Waals surface area contributed by atoms with Crippen LogP contribution in [0.2, 0.25) is 0 Å². The highest BCUT2D eigenvalue weighted by molar-refractivity contribution is 5.99. The molecule has 110 valence electrons. The van der Waals surface area contributed by atoms with E-state index in [0.717, 1.165) is 30.3 Å². The molecule has 0 bridgehead atoms. The SMILES string of the molecule is O=C(Nc1ccc(C(F)(F)F)cc1)Nc1cccc(F)c1. The van der Waals surface area contributed by atoms with Gasteiger partial charge in [0, 0.05) is 11.4 Å². The van der Waals surface area contributed by atoms with E-state index in [9.17, 15) is 22.4 Å². The number of anilines is 2. The van der Waals surface area contributed by atoms with Crippen molar-refractivity contribution in [1.82, 2.24) is 0 Å². The summed E-state index contributed by atoms with van der Waals surface area (Å²) < 4.78 is 50.0. The van der Waals surface area contributed by atoms with E-state index in [1.54, 1.807) is 0 Å². The predicted molar refractivity (Wildman–Crippen MR) is 70.5 cm³/mol. The molecule has 0 aliphatic carbocycles. The minimum Gasteiger partial charge on any atom is -0.308 e. The van der Waals surface area contributed by atoms with Crippen LogP contribution in [0, 0.1) is 5.82 Å². The number of rotatable bonds is 2. The van der Waals surface area contributed by atoms with Gasteiger partial charge in [0.15, 0.2) is 0 Å². The molecule has 0 aliphatic heterocycles. The molecule has 2 amide bonds. The maximum Gasteiger partial charge on any atom is 0.416 e. The molecular weight excluding hydrogens is 288 g/mol. The third kappa shape index (κ3) is 4.20. The second kappa shape index (κ2) is 5.82. The Labute approximate surface area is 117 Å². The second-order valence-electron chi connectivity index (χ2n) is 4.16. The first-order chi connectivity index (χ1) is 9.84. The van der Waals surface area contributed by atoms with Crippen LogP contribution >= 0.6 is 0 Å². The molecule has 0 saturated carbocycles. The standard InChI is InChI=1S/C14H10F4N2O/c15-10-2-1-3-12(8-10)20-13(21)19-11-6-4-9(5-7-11)14(16,17)18/h1-8H,(H2,19,20,21). The summed E-state index contributed by atoms with van der Waals surface area (Å²) in [6, 6.07) is 8.54. The van der Waals surface area contributed by atoms with Crippen LogP contribution in [0.15, 0.2) is 48.5 Å². The van der Waals surface area contributed by atoms with E-state index in [1.165, 1.54) is 18.2 Å². The van der Waals surface area contributed by atoms with Gasteiger partial charge in [0.1, 0.15) is 5.82 Å². The van der Waals surface area contributed by atoms with Crippen molar-refractivity contribution in [3.05, 3.63) is 59.9 Å². The first-order valence-corrected chi connectivity index (χ1v) is 5.85. The van der Waals surface area contributed by atoms with Gasteiger partial charge in [0.25, 0.3) is 0 Å². The number of hydrogen-bond donors (Lipinski definition) is 2. The Balaban J connectivity index is 2.00. The van der Waals surface area contributed by atoms with E-state index >= 15 is 0 Å². The molecule has 2 aromatic rings. The molecule has 2 aromatic carbocycles. The zero-order chi connectivity index (χ0) is 15.5. The first-order valence-electron chi connectivity index (χ1n) is 5.85. The van der Waals surface area contributed by atoms with Crippen molar-refractivity contribution >= 4 is 17.4 Å². The average Bonchev–Trinajstić information content (AvgIpc) is 2.38. The summed E-state index contributed by atoms with van der Waals surface area (Å²) in [6.45, 7) is 0. The maximum absolute atomic E-state index is 12.9. The molecule has 0 fully saturated rings. The lowest BCUT2D eigenvalue weighted by molar-refractivity contribution is -0.137. The van der Waals surface area contributed by atoms with E-state index in [2.05, 4.69) is 10.6 Å². The lowest BCUT2D eigenvalue weighted by Gasteiger charge is -2.09. The number of halogens is 4. The Morgan fingerprint density at radius 3 is 2.10 bits per heavy atom. The quantitative estimate of drug-likeness (QED) is 0.788. The van der Waals surface area contributed by atoms with Gasteiger partial charge in [-0.25, -0.2) is 9.18 Å². The van der Waals surface area contributed by atoms with Gasteiger partial charge < -0.3 is 10.6 Å². The highest BCUT2D eigenvalue weighted by Gasteiger charge is 2.29. The molecule has 0 radical (unpaired) electrons. The fourth-order valence-corrected chi connectivity index (χ4v) is 1.60. The molecular formula is C14H10F4N2O. The van der Waals surface area contributed by atoms with Gasteiger partial charge in [-0.3, -0.25) is 0 Å². The molecule has 0 saturated heterocycles. The second-order valence-corrected chi connectivity index (χ2v) is 4.16. The summed E-state index contributed by atoms with van der Waals surface area (Å²) >= 11 is 0.